The molecule has 9 heteroatoms. The summed E-state index contributed by atoms with van der Waals surface area (Å²) in [5.74, 6) is 1.82. The van der Waals surface area contributed by atoms with Crippen LogP contribution in [0.4, 0.5) is 16.2 Å². The summed E-state index contributed by atoms with van der Waals surface area (Å²) in [5, 5.41) is 21.6. The molecule has 0 spiro atoms. The van der Waals surface area contributed by atoms with Gasteiger partial charge in [0.1, 0.15) is 11.4 Å². The minimum atomic E-state index is -0.258. The first-order valence-electron chi connectivity index (χ1n) is 10.9. The van der Waals surface area contributed by atoms with Gasteiger partial charge in [0.05, 0.1) is 19.9 Å². The number of anilines is 2. The predicted octanol–water partition coefficient (Wildman–Crippen LogP) is 4.33. The number of hydrogen-bond acceptors (Lipinski definition) is 7. The van der Waals surface area contributed by atoms with E-state index in [0.29, 0.717) is 35.0 Å². The first-order chi connectivity index (χ1) is 16.3. The van der Waals surface area contributed by atoms with E-state index in [0.717, 1.165) is 28.2 Å². The number of aromatic nitrogens is 1. The van der Waals surface area contributed by atoms with E-state index < -0.39 is 0 Å². The molecule has 1 atom stereocenters. The SMILES string of the molecule is CNC(=O)NC(C)Cc1cc(OC)c(OC)cc1C(=N)c1ccc(Nc2c(C)noc2C)cc1. The third-order valence-corrected chi connectivity index (χ3v) is 5.49. The monoisotopic (exact) mass is 465 g/mol. The lowest BCUT2D eigenvalue weighted by Crippen LogP contribution is -2.40. The van der Waals surface area contributed by atoms with E-state index in [1.807, 2.05) is 51.1 Å². The molecule has 0 aliphatic rings. The number of rotatable bonds is 9. The van der Waals surface area contributed by atoms with Gasteiger partial charge in [-0.1, -0.05) is 17.3 Å². The highest BCUT2D eigenvalue weighted by Crippen LogP contribution is 2.33. The van der Waals surface area contributed by atoms with Gasteiger partial charge in [0.2, 0.25) is 0 Å². The first kappa shape index (κ1) is 24.6. The lowest BCUT2D eigenvalue weighted by Gasteiger charge is -2.19. The van der Waals surface area contributed by atoms with Crippen molar-refractivity contribution in [3.05, 3.63) is 64.5 Å². The third kappa shape index (κ3) is 5.48. The van der Waals surface area contributed by atoms with Crippen molar-refractivity contribution in [1.82, 2.24) is 15.8 Å². The predicted molar refractivity (Wildman–Crippen MR) is 132 cm³/mol. The van der Waals surface area contributed by atoms with Gasteiger partial charge in [-0.05, 0) is 57.0 Å². The quantitative estimate of drug-likeness (QED) is 0.349. The number of carbonyl (C=O) groups excluding carboxylic acids is 1. The second-order valence-electron chi connectivity index (χ2n) is 7.97. The number of nitrogens with zero attached hydrogens (tertiary/aromatic N) is 1. The molecule has 4 N–H and O–H groups in total. The van der Waals surface area contributed by atoms with E-state index in [1.165, 1.54) is 0 Å². The normalized spacial score (nSPS) is 11.5. The summed E-state index contributed by atoms with van der Waals surface area (Å²) in [6, 6.07) is 10.8. The summed E-state index contributed by atoms with van der Waals surface area (Å²) in [7, 11) is 4.71. The van der Waals surface area contributed by atoms with Crippen LogP contribution in [0.25, 0.3) is 0 Å². The van der Waals surface area contributed by atoms with E-state index in [2.05, 4.69) is 21.1 Å². The third-order valence-electron chi connectivity index (χ3n) is 5.49. The molecule has 1 aromatic heterocycles. The summed E-state index contributed by atoms with van der Waals surface area (Å²) in [6.07, 6.45) is 0.511. The van der Waals surface area contributed by atoms with Gasteiger partial charge in [0.25, 0.3) is 0 Å². The average Bonchev–Trinajstić information content (AvgIpc) is 3.15. The van der Waals surface area contributed by atoms with Crippen molar-refractivity contribution in [1.29, 1.82) is 5.41 Å². The number of amides is 2. The van der Waals surface area contributed by atoms with E-state index in [1.54, 1.807) is 27.3 Å². The molecular weight excluding hydrogens is 434 g/mol. The molecule has 0 fully saturated rings. The van der Waals surface area contributed by atoms with Crippen molar-refractivity contribution in [3.8, 4) is 11.5 Å². The van der Waals surface area contributed by atoms with Gasteiger partial charge in [-0.2, -0.15) is 0 Å². The average molecular weight is 466 g/mol. The van der Waals surface area contributed by atoms with Crippen LogP contribution in [0.3, 0.4) is 0 Å². The largest absolute Gasteiger partial charge is 0.493 e. The fourth-order valence-corrected chi connectivity index (χ4v) is 3.68. The first-order valence-corrected chi connectivity index (χ1v) is 10.9. The van der Waals surface area contributed by atoms with E-state index in [4.69, 9.17) is 19.4 Å². The number of aryl methyl sites for hydroxylation is 2. The van der Waals surface area contributed by atoms with Gasteiger partial charge in [0, 0.05) is 29.9 Å². The van der Waals surface area contributed by atoms with Crippen molar-refractivity contribution >= 4 is 23.1 Å². The van der Waals surface area contributed by atoms with Crippen LogP contribution in [0.5, 0.6) is 11.5 Å². The molecule has 180 valence electrons. The van der Waals surface area contributed by atoms with Gasteiger partial charge in [-0.3, -0.25) is 5.41 Å². The van der Waals surface area contributed by atoms with Crippen molar-refractivity contribution < 1.29 is 18.8 Å². The Balaban J connectivity index is 1.90. The molecule has 0 bridgehead atoms. The second-order valence-corrected chi connectivity index (χ2v) is 7.97. The fourth-order valence-electron chi connectivity index (χ4n) is 3.68. The number of hydrogen-bond donors (Lipinski definition) is 4. The van der Waals surface area contributed by atoms with Gasteiger partial charge < -0.3 is 29.9 Å². The minimum absolute atomic E-state index is 0.161. The maximum Gasteiger partial charge on any atom is 0.314 e. The smallest absolute Gasteiger partial charge is 0.314 e. The Hall–Kier alpha value is -4.01. The summed E-state index contributed by atoms with van der Waals surface area (Å²) in [6.45, 7) is 5.64. The van der Waals surface area contributed by atoms with Crippen LogP contribution in [0, 0.1) is 19.3 Å². The van der Waals surface area contributed by atoms with Gasteiger partial charge in [0.15, 0.2) is 17.3 Å². The van der Waals surface area contributed by atoms with Crippen LogP contribution in [0.15, 0.2) is 40.9 Å². The Morgan fingerprint density at radius 1 is 1.12 bits per heavy atom. The number of urea groups is 1. The number of ether oxygens (including phenoxy) is 2. The summed E-state index contributed by atoms with van der Waals surface area (Å²) < 4.78 is 16.2. The van der Waals surface area contributed by atoms with Crippen LogP contribution in [-0.2, 0) is 6.42 Å². The van der Waals surface area contributed by atoms with Gasteiger partial charge in [-0.25, -0.2) is 4.79 Å². The molecular formula is C25H31N5O4. The Labute approximate surface area is 199 Å². The highest BCUT2D eigenvalue weighted by Gasteiger charge is 2.18. The molecule has 0 radical (unpaired) electrons. The molecule has 2 amide bonds. The Morgan fingerprint density at radius 2 is 1.76 bits per heavy atom. The van der Waals surface area contributed by atoms with E-state index in [9.17, 15) is 4.79 Å². The second kappa shape index (κ2) is 10.7. The molecule has 0 saturated carbocycles. The maximum absolute atomic E-state index is 11.7. The molecule has 34 heavy (non-hydrogen) atoms. The van der Waals surface area contributed by atoms with Crippen molar-refractivity contribution in [2.45, 2.75) is 33.2 Å². The number of benzene rings is 2. The molecule has 1 heterocycles. The molecule has 2 aromatic carbocycles. The number of nitrogens with one attached hydrogen (secondary N) is 4. The molecule has 1 unspecified atom stereocenters. The highest BCUT2D eigenvalue weighted by molar-refractivity contribution is 6.12. The Morgan fingerprint density at radius 3 is 2.32 bits per heavy atom. The van der Waals surface area contributed by atoms with Crippen LogP contribution < -0.4 is 25.4 Å². The van der Waals surface area contributed by atoms with E-state index >= 15 is 0 Å². The van der Waals surface area contributed by atoms with E-state index in [-0.39, 0.29) is 12.1 Å². The zero-order valence-corrected chi connectivity index (χ0v) is 20.3. The van der Waals surface area contributed by atoms with Gasteiger partial charge >= 0.3 is 6.03 Å². The zero-order chi connectivity index (χ0) is 24.8. The molecule has 0 aliphatic carbocycles. The molecule has 3 rings (SSSR count). The van der Waals surface area contributed by atoms with Crippen LogP contribution in [0.1, 0.15) is 35.1 Å². The van der Waals surface area contributed by atoms with Crippen LogP contribution in [0.2, 0.25) is 0 Å². The lowest BCUT2D eigenvalue weighted by molar-refractivity contribution is 0.240. The molecule has 0 aliphatic heterocycles. The zero-order valence-electron chi connectivity index (χ0n) is 20.3. The van der Waals surface area contributed by atoms with Crippen LogP contribution >= 0.6 is 0 Å². The summed E-state index contributed by atoms with van der Waals surface area (Å²) >= 11 is 0. The Kier molecular flexibility index (Phi) is 7.78. The van der Waals surface area contributed by atoms with Crippen molar-refractivity contribution in [2.24, 2.45) is 0 Å². The molecule has 0 saturated heterocycles. The van der Waals surface area contributed by atoms with Gasteiger partial charge in [-0.15, -0.1) is 0 Å². The minimum Gasteiger partial charge on any atom is -0.493 e. The van der Waals surface area contributed by atoms with Crippen LogP contribution in [-0.4, -0.2) is 44.2 Å². The van der Waals surface area contributed by atoms with Crippen molar-refractivity contribution in [3.63, 3.8) is 0 Å². The highest BCUT2D eigenvalue weighted by atomic mass is 16.5. The molecule has 3 aromatic rings. The lowest BCUT2D eigenvalue weighted by atomic mass is 9.93. The maximum atomic E-state index is 11.7. The van der Waals surface area contributed by atoms with Crippen molar-refractivity contribution in [2.75, 3.05) is 26.6 Å². The number of carbonyl (C=O) groups is 1. The topological polar surface area (TPSA) is 122 Å². The standard InChI is InChI=1S/C25H31N5O4/c1-14(28-25(31)27-4)11-18-12-21(32-5)22(33-6)13-20(18)23(26)17-7-9-19(10-8-17)29-24-15(2)30-34-16(24)3/h7-10,12-14,26,29H,11H2,1-6H3,(H2,27,28,31). The fraction of sp³-hybridized carbons (Fsp3) is 0.320. The Bertz CT molecular complexity index is 1150. The number of methoxy groups -OCH3 is 2. The summed E-state index contributed by atoms with van der Waals surface area (Å²) in [5.41, 5.74) is 5.13. The molecule has 9 nitrogen and oxygen atoms in total. The summed E-state index contributed by atoms with van der Waals surface area (Å²) in [4.78, 5) is 11.7.